The lowest BCUT2D eigenvalue weighted by molar-refractivity contribution is -0.119. The van der Waals surface area contributed by atoms with Gasteiger partial charge < -0.3 is 5.73 Å². The summed E-state index contributed by atoms with van der Waals surface area (Å²) in [6.07, 6.45) is 0. The number of carbonyl (C=O) groups excluding carboxylic acids is 2. The Morgan fingerprint density at radius 3 is 2.58 bits per heavy atom. The van der Waals surface area contributed by atoms with Gasteiger partial charge in [-0.15, -0.1) is 5.53 Å². The molecule has 0 saturated heterocycles. The lowest BCUT2D eigenvalue weighted by atomic mass is 10.0. The third-order valence-electron chi connectivity index (χ3n) is 3.92. The van der Waals surface area contributed by atoms with Crippen molar-refractivity contribution in [2.75, 3.05) is 11.6 Å². The highest BCUT2D eigenvalue weighted by molar-refractivity contribution is 9.10. The van der Waals surface area contributed by atoms with E-state index >= 15 is 0 Å². The van der Waals surface area contributed by atoms with E-state index in [1.807, 2.05) is 48.3 Å². The summed E-state index contributed by atoms with van der Waals surface area (Å²) >= 11 is 3.56. The van der Waals surface area contributed by atoms with Gasteiger partial charge in [0.1, 0.15) is 6.54 Å². The van der Waals surface area contributed by atoms with Crippen molar-refractivity contribution >= 4 is 33.4 Å². The number of primary amides is 1. The van der Waals surface area contributed by atoms with Gasteiger partial charge in [0.25, 0.3) is 5.91 Å². The van der Waals surface area contributed by atoms with Crippen LogP contribution in [-0.4, -0.2) is 23.4 Å². The van der Waals surface area contributed by atoms with E-state index < -0.39 is 5.91 Å². The van der Waals surface area contributed by atoms with Crippen LogP contribution in [-0.2, 0) is 4.79 Å². The first-order valence-corrected chi connectivity index (χ1v) is 8.27. The number of nitrogens with zero attached hydrogens (tertiary/aromatic N) is 2. The molecule has 3 rings (SSSR count). The minimum absolute atomic E-state index is 0.0924. The second kappa shape index (κ2) is 6.62. The Balaban J connectivity index is 2.03. The Morgan fingerprint density at radius 1 is 1.21 bits per heavy atom. The summed E-state index contributed by atoms with van der Waals surface area (Å²) in [4.78, 5) is 23.8. The number of hydrazine groups is 2. The lowest BCUT2D eigenvalue weighted by Crippen LogP contribution is -2.59. The largest absolute Gasteiger partial charge is 0.368 e. The number of nitrogens with one attached hydrogen (secondary N) is 1. The molecule has 1 unspecified atom stereocenters. The van der Waals surface area contributed by atoms with Crippen LogP contribution in [0, 0.1) is 0 Å². The van der Waals surface area contributed by atoms with Gasteiger partial charge in [-0.05, 0) is 30.7 Å². The summed E-state index contributed by atoms with van der Waals surface area (Å²) in [6, 6.07) is 15.1. The number of anilines is 1. The molecule has 1 aliphatic heterocycles. The number of rotatable bonds is 4. The maximum absolute atomic E-state index is 12.5. The zero-order valence-corrected chi connectivity index (χ0v) is 14.7. The number of para-hydroxylation sites is 1. The molecule has 2 aromatic rings. The van der Waals surface area contributed by atoms with Gasteiger partial charge >= 0.3 is 0 Å². The number of hydrogen-bond donors (Lipinski definition) is 2. The van der Waals surface area contributed by atoms with Crippen molar-refractivity contribution in [2.45, 2.75) is 13.0 Å². The first-order valence-electron chi connectivity index (χ1n) is 7.48. The van der Waals surface area contributed by atoms with E-state index in [2.05, 4.69) is 21.5 Å². The van der Waals surface area contributed by atoms with E-state index in [0.717, 1.165) is 15.7 Å². The second-order valence-electron chi connectivity index (χ2n) is 5.54. The molecule has 6 nitrogen and oxygen atoms in total. The molecule has 1 aliphatic rings. The van der Waals surface area contributed by atoms with Gasteiger partial charge in [-0.25, -0.2) is 5.01 Å². The van der Waals surface area contributed by atoms with Crippen LogP contribution in [0.5, 0.6) is 0 Å². The first-order chi connectivity index (χ1) is 11.5. The molecule has 2 aromatic carbocycles. The fourth-order valence-electron chi connectivity index (χ4n) is 2.75. The third-order valence-corrected chi connectivity index (χ3v) is 4.65. The highest BCUT2D eigenvalue weighted by atomic mass is 79.9. The Kier molecular flexibility index (Phi) is 4.55. The zero-order valence-electron chi connectivity index (χ0n) is 13.1. The number of hydrogen-bond acceptors (Lipinski definition) is 4. The summed E-state index contributed by atoms with van der Waals surface area (Å²) in [5, 5.41) is 3.10. The highest BCUT2D eigenvalue weighted by Gasteiger charge is 2.32. The number of carbonyl (C=O) groups is 2. The molecule has 1 atom stereocenters. The standard InChI is InChI=1S/C17H17BrN4O2/c1-11(12-6-2-4-8-14(12)18)22-15-9-5-3-7-13(15)17(24)21(20-22)10-16(19)23/h2-9,11,20H,10H2,1H3,(H2,19,23). The molecule has 0 aromatic heterocycles. The molecule has 24 heavy (non-hydrogen) atoms. The van der Waals surface area contributed by atoms with Crippen LogP contribution in [0.15, 0.2) is 53.0 Å². The zero-order chi connectivity index (χ0) is 17.3. The van der Waals surface area contributed by atoms with Gasteiger partial charge in [0.05, 0.1) is 17.3 Å². The lowest BCUT2D eigenvalue weighted by Gasteiger charge is -2.41. The Hall–Kier alpha value is -2.38. The van der Waals surface area contributed by atoms with Crippen molar-refractivity contribution in [2.24, 2.45) is 5.73 Å². The predicted molar refractivity (Wildman–Crippen MR) is 94.8 cm³/mol. The summed E-state index contributed by atoms with van der Waals surface area (Å²) in [5.41, 5.74) is 10.6. The van der Waals surface area contributed by atoms with Gasteiger partial charge in [0, 0.05) is 4.47 Å². The van der Waals surface area contributed by atoms with E-state index in [0.29, 0.717) is 5.56 Å². The van der Waals surface area contributed by atoms with E-state index in [9.17, 15) is 9.59 Å². The van der Waals surface area contributed by atoms with Crippen molar-refractivity contribution in [3.05, 3.63) is 64.1 Å². The minimum Gasteiger partial charge on any atom is -0.368 e. The average Bonchev–Trinajstić information content (AvgIpc) is 2.57. The molecule has 0 bridgehead atoms. The summed E-state index contributed by atoms with van der Waals surface area (Å²) in [6.45, 7) is 1.81. The molecule has 0 radical (unpaired) electrons. The fraction of sp³-hybridized carbons (Fsp3) is 0.176. The normalized spacial score (nSPS) is 15.2. The maximum atomic E-state index is 12.5. The number of halogens is 1. The molecule has 124 valence electrons. The highest BCUT2D eigenvalue weighted by Crippen LogP contribution is 2.34. The molecule has 1 heterocycles. The van der Waals surface area contributed by atoms with Crippen LogP contribution in [0.3, 0.4) is 0 Å². The average molecular weight is 389 g/mol. The molecular formula is C17H17BrN4O2. The number of amides is 2. The Bertz CT molecular complexity index is 796. The molecule has 3 N–H and O–H groups in total. The van der Waals surface area contributed by atoms with Crippen LogP contribution >= 0.6 is 15.9 Å². The monoisotopic (exact) mass is 388 g/mol. The van der Waals surface area contributed by atoms with Crippen LogP contribution in [0.2, 0.25) is 0 Å². The van der Waals surface area contributed by atoms with Crippen molar-refractivity contribution in [3.8, 4) is 0 Å². The molecule has 0 fully saturated rings. The number of nitrogens with two attached hydrogens (primary N) is 1. The van der Waals surface area contributed by atoms with Gasteiger partial charge in [0.15, 0.2) is 0 Å². The van der Waals surface area contributed by atoms with E-state index in [1.165, 1.54) is 5.01 Å². The molecule has 0 saturated carbocycles. The Morgan fingerprint density at radius 2 is 1.88 bits per heavy atom. The molecule has 0 spiro atoms. The van der Waals surface area contributed by atoms with E-state index in [1.54, 1.807) is 12.1 Å². The quantitative estimate of drug-likeness (QED) is 0.842. The van der Waals surface area contributed by atoms with Gasteiger partial charge in [-0.1, -0.05) is 46.3 Å². The van der Waals surface area contributed by atoms with Gasteiger partial charge in [-0.3, -0.25) is 14.6 Å². The van der Waals surface area contributed by atoms with Crippen LogP contribution in [0.4, 0.5) is 5.69 Å². The first kappa shape index (κ1) is 16.5. The number of fused-ring (bicyclic) bond motifs is 1. The van der Waals surface area contributed by atoms with Crippen molar-refractivity contribution in [1.29, 1.82) is 0 Å². The van der Waals surface area contributed by atoms with Crippen molar-refractivity contribution in [1.82, 2.24) is 10.5 Å². The predicted octanol–water partition coefficient (Wildman–Crippen LogP) is 2.38. The van der Waals surface area contributed by atoms with E-state index in [4.69, 9.17) is 5.73 Å². The second-order valence-corrected chi connectivity index (χ2v) is 6.40. The number of benzene rings is 2. The minimum atomic E-state index is -0.580. The van der Waals surface area contributed by atoms with Crippen molar-refractivity contribution < 1.29 is 9.59 Å². The SMILES string of the molecule is CC(c1ccccc1Br)N1NN(CC(N)=O)C(=O)c2ccccc21. The van der Waals surface area contributed by atoms with Gasteiger partial charge in [0.2, 0.25) is 5.91 Å². The Labute approximate surface area is 148 Å². The summed E-state index contributed by atoms with van der Waals surface area (Å²) < 4.78 is 0.968. The molecule has 0 aliphatic carbocycles. The fourth-order valence-corrected chi connectivity index (χ4v) is 3.37. The molecule has 2 amide bonds. The van der Waals surface area contributed by atoms with Crippen molar-refractivity contribution in [3.63, 3.8) is 0 Å². The topological polar surface area (TPSA) is 78.7 Å². The summed E-state index contributed by atoms with van der Waals surface area (Å²) in [7, 11) is 0. The maximum Gasteiger partial charge on any atom is 0.272 e. The van der Waals surface area contributed by atoms with Crippen LogP contribution in [0.1, 0.15) is 28.9 Å². The smallest absolute Gasteiger partial charge is 0.272 e. The van der Waals surface area contributed by atoms with Gasteiger partial charge in [-0.2, -0.15) is 0 Å². The summed E-state index contributed by atoms with van der Waals surface area (Å²) in [5.74, 6) is -0.858. The third kappa shape index (κ3) is 3.00. The van der Waals surface area contributed by atoms with Crippen LogP contribution < -0.4 is 16.3 Å². The van der Waals surface area contributed by atoms with Crippen LogP contribution in [0.25, 0.3) is 0 Å². The molecule has 7 heteroatoms. The molecular weight excluding hydrogens is 372 g/mol. The van der Waals surface area contributed by atoms with E-state index in [-0.39, 0.29) is 18.5 Å².